The van der Waals surface area contributed by atoms with Gasteiger partial charge in [-0.05, 0) is 173 Å². The Hall–Kier alpha value is -10.8. The number of fused-ring (bicyclic) bond motifs is 14. The average molecular weight is 1020 g/mol. The van der Waals surface area contributed by atoms with Gasteiger partial charge >= 0.3 is 0 Å². The third-order valence-corrected chi connectivity index (χ3v) is 16.3. The van der Waals surface area contributed by atoms with Gasteiger partial charge in [0.1, 0.15) is 22.3 Å². The SMILES string of the molecule is c1ccc(N(c2ccc3cc4c(cc3c2)oc2cc3oc5cc6cc(N(c7ccccc7)c7ccc8c(c7)c7ccccc7n8-c7ccccc7)ccc6cc5c3cc24)c2ccc3c(c2)c2ccccc2n3-c2ccccc2)cc1. The van der Waals surface area contributed by atoms with Crippen LogP contribution in [0.2, 0.25) is 0 Å². The number of rotatable bonds is 8. The van der Waals surface area contributed by atoms with E-state index in [1.165, 1.54) is 43.6 Å². The van der Waals surface area contributed by atoms with Crippen LogP contribution in [0.5, 0.6) is 0 Å². The van der Waals surface area contributed by atoms with Gasteiger partial charge in [0.25, 0.3) is 0 Å². The average Bonchev–Trinajstić information content (AvgIpc) is 4.27. The van der Waals surface area contributed by atoms with E-state index in [2.05, 4.69) is 298 Å². The number of hydrogen-bond acceptors (Lipinski definition) is 4. The van der Waals surface area contributed by atoms with Crippen molar-refractivity contribution < 1.29 is 8.83 Å². The maximum Gasteiger partial charge on any atom is 0.139 e. The summed E-state index contributed by atoms with van der Waals surface area (Å²) in [4.78, 5) is 4.71. The molecular weight excluding hydrogens is 977 g/mol. The van der Waals surface area contributed by atoms with E-state index in [0.29, 0.717) is 0 Å². The van der Waals surface area contributed by atoms with Crippen LogP contribution in [0.15, 0.2) is 288 Å². The van der Waals surface area contributed by atoms with Crippen LogP contribution in [-0.4, -0.2) is 9.13 Å². The van der Waals surface area contributed by atoms with Crippen LogP contribution in [0.1, 0.15) is 0 Å². The van der Waals surface area contributed by atoms with Gasteiger partial charge in [-0.3, -0.25) is 0 Å². The number of nitrogens with zero attached hydrogens (tertiary/aromatic N) is 4. The van der Waals surface area contributed by atoms with Gasteiger partial charge in [0.2, 0.25) is 0 Å². The van der Waals surface area contributed by atoms with Crippen LogP contribution in [0.25, 0.3) is 120 Å². The molecule has 6 nitrogen and oxygen atoms in total. The fourth-order valence-corrected chi connectivity index (χ4v) is 12.7. The zero-order valence-electron chi connectivity index (χ0n) is 43.2. The van der Waals surface area contributed by atoms with E-state index >= 15 is 0 Å². The fourth-order valence-electron chi connectivity index (χ4n) is 12.7. The first kappa shape index (κ1) is 44.3. The van der Waals surface area contributed by atoms with Gasteiger partial charge in [0, 0.05) is 94.7 Å². The van der Waals surface area contributed by atoms with Crippen LogP contribution in [0, 0.1) is 0 Å². The zero-order valence-corrected chi connectivity index (χ0v) is 43.2. The molecule has 0 saturated heterocycles. The molecule has 0 amide bonds. The first-order valence-corrected chi connectivity index (χ1v) is 27.2. The Balaban J connectivity index is 0.747. The molecule has 0 N–H and O–H groups in total. The second kappa shape index (κ2) is 17.3. The minimum absolute atomic E-state index is 0.796. The monoisotopic (exact) mass is 1020 g/mol. The molecule has 6 heteroatoms. The minimum atomic E-state index is 0.796. The predicted molar refractivity (Wildman–Crippen MR) is 334 cm³/mol. The molecule has 0 aliphatic carbocycles. The number of benzene rings is 13. The fraction of sp³-hybridized carbons (Fsp3) is 0. The number of para-hydroxylation sites is 6. The number of anilines is 6. The normalized spacial score (nSPS) is 12.0. The van der Waals surface area contributed by atoms with Crippen molar-refractivity contribution in [1.29, 1.82) is 0 Å². The Kier molecular flexibility index (Phi) is 9.61. The quantitative estimate of drug-likeness (QED) is 0.152. The maximum atomic E-state index is 6.76. The molecule has 0 aliphatic rings. The molecular formula is C74H46N4O2. The highest BCUT2D eigenvalue weighted by Gasteiger charge is 2.22. The second-order valence-electron chi connectivity index (χ2n) is 20.9. The van der Waals surface area contributed by atoms with E-state index in [1.54, 1.807) is 0 Å². The number of aromatic nitrogens is 2. The lowest BCUT2D eigenvalue weighted by Crippen LogP contribution is -2.09. The van der Waals surface area contributed by atoms with E-state index in [0.717, 1.165) is 111 Å². The van der Waals surface area contributed by atoms with Gasteiger partial charge in [-0.25, -0.2) is 0 Å². The van der Waals surface area contributed by atoms with Gasteiger partial charge in [-0.2, -0.15) is 0 Å². The molecule has 0 fully saturated rings. The lowest BCUT2D eigenvalue weighted by molar-refractivity contribution is 0.656. The Morgan fingerprint density at radius 1 is 0.212 bits per heavy atom. The molecule has 374 valence electrons. The summed E-state index contributed by atoms with van der Waals surface area (Å²) >= 11 is 0. The highest BCUT2D eigenvalue weighted by atomic mass is 16.3. The molecule has 80 heavy (non-hydrogen) atoms. The smallest absolute Gasteiger partial charge is 0.139 e. The topological polar surface area (TPSA) is 42.6 Å². The molecule has 17 aromatic rings. The minimum Gasteiger partial charge on any atom is -0.456 e. The first-order valence-electron chi connectivity index (χ1n) is 27.2. The summed E-state index contributed by atoms with van der Waals surface area (Å²) in [5, 5.41) is 13.6. The number of hydrogen-bond donors (Lipinski definition) is 0. The molecule has 0 atom stereocenters. The highest BCUT2D eigenvalue weighted by Crippen LogP contribution is 2.45. The van der Waals surface area contributed by atoms with Crippen molar-refractivity contribution in [3.05, 3.63) is 279 Å². The Morgan fingerprint density at radius 2 is 0.562 bits per heavy atom. The Bertz CT molecular complexity index is 4980. The molecule has 0 saturated carbocycles. The maximum absolute atomic E-state index is 6.76. The largest absolute Gasteiger partial charge is 0.456 e. The van der Waals surface area contributed by atoms with Crippen LogP contribution in [0.4, 0.5) is 34.1 Å². The molecule has 4 heterocycles. The summed E-state index contributed by atoms with van der Waals surface area (Å²) in [6.45, 7) is 0. The van der Waals surface area contributed by atoms with Crippen molar-refractivity contribution in [2.24, 2.45) is 0 Å². The van der Waals surface area contributed by atoms with Crippen molar-refractivity contribution in [3.8, 4) is 11.4 Å². The second-order valence-corrected chi connectivity index (χ2v) is 20.9. The molecule has 0 radical (unpaired) electrons. The van der Waals surface area contributed by atoms with Gasteiger partial charge in [-0.1, -0.05) is 121 Å². The summed E-state index contributed by atoms with van der Waals surface area (Å²) in [5.74, 6) is 0. The summed E-state index contributed by atoms with van der Waals surface area (Å²) in [5.41, 5.74) is 16.7. The summed E-state index contributed by atoms with van der Waals surface area (Å²) in [6, 6.07) is 100. The van der Waals surface area contributed by atoms with E-state index in [-0.39, 0.29) is 0 Å². The van der Waals surface area contributed by atoms with Crippen LogP contribution < -0.4 is 9.80 Å². The van der Waals surface area contributed by atoms with Crippen LogP contribution >= 0.6 is 0 Å². The van der Waals surface area contributed by atoms with Crippen molar-refractivity contribution in [3.63, 3.8) is 0 Å². The Morgan fingerprint density at radius 3 is 1.01 bits per heavy atom. The molecule has 4 aromatic heterocycles. The van der Waals surface area contributed by atoms with Crippen molar-refractivity contribution in [2.45, 2.75) is 0 Å². The van der Waals surface area contributed by atoms with Crippen LogP contribution in [0.3, 0.4) is 0 Å². The Labute approximate surface area is 459 Å². The zero-order chi connectivity index (χ0) is 52.4. The third kappa shape index (κ3) is 6.85. The predicted octanol–water partition coefficient (Wildman–Crippen LogP) is 20.9. The van der Waals surface area contributed by atoms with Gasteiger partial charge in [0.05, 0.1) is 22.1 Å². The van der Waals surface area contributed by atoms with E-state index in [1.807, 2.05) is 0 Å². The highest BCUT2D eigenvalue weighted by molar-refractivity contribution is 6.19. The molecule has 0 bridgehead atoms. The first-order chi connectivity index (χ1) is 39.6. The van der Waals surface area contributed by atoms with Crippen molar-refractivity contribution in [2.75, 3.05) is 9.80 Å². The number of furan rings is 2. The van der Waals surface area contributed by atoms with E-state index < -0.39 is 0 Å². The summed E-state index contributed by atoms with van der Waals surface area (Å²) < 4.78 is 18.2. The summed E-state index contributed by atoms with van der Waals surface area (Å²) in [6.07, 6.45) is 0. The standard InChI is InChI=1S/C74H46N4O2/c1-5-17-51(18-6-1)75(57-33-35-69-61(43-57)59-25-13-15-27-67(59)77(69)53-21-9-3-10-22-53)55-31-29-47-39-63-65-45-66-64-40-48-30-32-56(38-50(48)42-72(64)80-74(66)46-73(65)79-71(63)41-49(47)37-55)76(52-19-7-2-8-20-52)58-34-36-70-62(44-58)60-26-14-16-28-68(60)78(70)54-23-11-4-12-24-54/h1-46H. The molecule has 0 spiro atoms. The van der Waals surface area contributed by atoms with Gasteiger partial charge < -0.3 is 27.8 Å². The van der Waals surface area contributed by atoms with Crippen molar-refractivity contribution >= 4 is 143 Å². The molecule has 13 aromatic carbocycles. The lowest BCUT2D eigenvalue weighted by atomic mass is 10.0. The molecule has 17 rings (SSSR count). The van der Waals surface area contributed by atoms with E-state index in [4.69, 9.17) is 8.83 Å². The van der Waals surface area contributed by atoms with Crippen molar-refractivity contribution in [1.82, 2.24) is 9.13 Å². The van der Waals surface area contributed by atoms with Gasteiger partial charge in [0.15, 0.2) is 0 Å². The van der Waals surface area contributed by atoms with E-state index in [9.17, 15) is 0 Å². The molecule has 0 aliphatic heterocycles. The lowest BCUT2D eigenvalue weighted by Gasteiger charge is -2.26. The third-order valence-electron chi connectivity index (χ3n) is 16.3. The molecule has 0 unspecified atom stereocenters. The van der Waals surface area contributed by atoms with Gasteiger partial charge in [-0.15, -0.1) is 0 Å². The van der Waals surface area contributed by atoms with Crippen LogP contribution in [-0.2, 0) is 0 Å². The summed E-state index contributed by atoms with van der Waals surface area (Å²) in [7, 11) is 0.